The van der Waals surface area contributed by atoms with E-state index in [0.717, 1.165) is 6.07 Å². The van der Waals surface area contributed by atoms with Crippen LogP contribution < -0.4 is 10.6 Å². The molecule has 0 amide bonds. The second-order valence-electron chi connectivity index (χ2n) is 3.96. The van der Waals surface area contributed by atoms with E-state index in [1.54, 1.807) is 18.2 Å². The minimum Gasteiger partial charge on any atom is -0.357 e. The molecule has 1 aromatic carbocycles. The molecule has 0 radical (unpaired) electrons. The largest absolute Gasteiger partial charge is 0.433 e. The highest BCUT2D eigenvalue weighted by Gasteiger charge is 2.33. The van der Waals surface area contributed by atoms with Gasteiger partial charge >= 0.3 is 6.18 Å². The number of nitrogens with one attached hydrogen (secondary N) is 2. The van der Waals surface area contributed by atoms with Gasteiger partial charge in [0, 0.05) is 23.3 Å². The molecule has 0 aliphatic heterocycles. The van der Waals surface area contributed by atoms with Crippen molar-refractivity contribution in [2.24, 2.45) is 0 Å². The summed E-state index contributed by atoms with van der Waals surface area (Å²) < 4.78 is 38.9. The summed E-state index contributed by atoms with van der Waals surface area (Å²) in [7, 11) is 1.44. The zero-order valence-electron chi connectivity index (χ0n) is 10.6. The third-order valence-corrected chi connectivity index (χ3v) is 3.65. The van der Waals surface area contributed by atoms with E-state index in [0.29, 0.717) is 15.2 Å². The smallest absolute Gasteiger partial charge is 0.357 e. The highest BCUT2D eigenvalue weighted by atomic mass is 79.9. The summed E-state index contributed by atoms with van der Waals surface area (Å²) in [6.45, 7) is 0. The first-order valence-corrected chi connectivity index (χ1v) is 6.83. The van der Waals surface area contributed by atoms with E-state index in [-0.39, 0.29) is 11.8 Å². The Kier molecular flexibility index (Phi) is 4.58. The molecule has 0 saturated heterocycles. The Balaban J connectivity index is 2.36. The van der Waals surface area contributed by atoms with Crippen LogP contribution in [0.4, 0.5) is 30.6 Å². The van der Waals surface area contributed by atoms with Gasteiger partial charge in [-0.25, -0.2) is 4.98 Å². The minimum atomic E-state index is -4.55. The van der Waals surface area contributed by atoms with E-state index in [2.05, 4.69) is 36.5 Å². The van der Waals surface area contributed by atoms with E-state index in [1.165, 1.54) is 7.05 Å². The molecule has 0 bridgehead atoms. The van der Waals surface area contributed by atoms with Gasteiger partial charge in [-0.05, 0) is 34.1 Å². The molecule has 0 unspecified atom stereocenters. The molecule has 2 N–H and O–H groups in total. The Bertz CT molecular complexity index is 663. The Morgan fingerprint density at radius 3 is 2.48 bits per heavy atom. The number of aromatic nitrogens is 2. The van der Waals surface area contributed by atoms with Crippen molar-refractivity contribution in [2.45, 2.75) is 6.18 Å². The zero-order chi connectivity index (χ0) is 15.6. The highest BCUT2D eigenvalue weighted by Crippen LogP contribution is 2.31. The highest BCUT2D eigenvalue weighted by molar-refractivity contribution is 9.10. The molecule has 4 nitrogen and oxygen atoms in total. The molecule has 1 aromatic heterocycles. The quantitative estimate of drug-likeness (QED) is 0.809. The fourth-order valence-corrected chi connectivity index (χ4v) is 1.99. The van der Waals surface area contributed by atoms with Crippen LogP contribution in [0.25, 0.3) is 0 Å². The first-order chi connectivity index (χ1) is 9.79. The number of rotatable bonds is 3. The molecule has 0 saturated carbocycles. The minimum absolute atomic E-state index is 0.0240. The Morgan fingerprint density at radius 1 is 1.19 bits per heavy atom. The van der Waals surface area contributed by atoms with Crippen LogP contribution in [0.2, 0.25) is 5.02 Å². The topological polar surface area (TPSA) is 49.8 Å². The van der Waals surface area contributed by atoms with E-state index >= 15 is 0 Å². The second kappa shape index (κ2) is 6.07. The number of alkyl halides is 3. The van der Waals surface area contributed by atoms with E-state index in [1.807, 2.05) is 0 Å². The lowest BCUT2D eigenvalue weighted by molar-refractivity contribution is -0.141. The van der Waals surface area contributed by atoms with Crippen LogP contribution in [-0.4, -0.2) is 17.0 Å². The molecule has 1 heterocycles. The summed E-state index contributed by atoms with van der Waals surface area (Å²) in [6.07, 6.45) is -4.55. The SMILES string of the molecule is CNc1nc(Nc2ccc(Cl)c(Br)c2)cc(C(F)(F)F)n1. The van der Waals surface area contributed by atoms with Gasteiger partial charge in [0.25, 0.3) is 0 Å². The predicted octanol–water partition coefficient (Wildman–Crippen LogP) is 4.70. The number of nitrogens with zero attached hydrogens (tertiary/aromatic N) is 2. The molecular formula is C12H9BrClF3N4. The summed E-state index contributed by atoms with van der Waals surface area (Å²) in [5.74, 6) is -0.101. The van der Waals surface area contributed by atoms with Crippen LogP contribution in [0.5, 0.6) is 0 Å². The third kappa shape index (κ3) is 3.98. The first-order valence-electron chi connectivity index (χ1n) is 5.65. The first kappa shape index (κ1) is 15.8. The average molecular weight is 382 g/mol. The Labute approximate surface area is 131 Å². The van der Waals surface area contributed by atoms with Gasteiger partial charge in [0.05, 0.1) is 5.02 Å². The van der Waals surface area contributed by atoms with Crippen molar-refractivity contribution in [2.75, 3.05) is 17.7 Å². The molecule has 2 aromatic rings. The van der Waals surface area contributed by atoms with Crippen molar-refractivity contribution in [3.05, 3.63) is 39.5 Å². The lowest BCUT2D eigenvalue weighted by Gasteiger charge is -2.12. The van der Waals surface area contributed by atoms with E-state index in [4.69, 9.17) is 11.6 Å². The molecule has 0 aliphatic carbocycles. The second-order valence-corrected chi connectivity index (χ2v) is 5.23. The standard InChI is InChI=1S/C12H9BrClF3N4/c1-18-11-20-9(12(15,16)17)5-10(21-11)19-6-2-3-8(14)7(13)4-6/h2-5H,1H3,(H2,18,19,20,21). The maximum absolute atomic E-state index is 12.8. The molecule has 0 aliphatic rings. The van der Waals surface area contributed by atoms with Crippen LogP contribution in [-0.2, 0) is 6.18 Å². The van der Waals surface area contributed by atoms with Gasteiger partial charge in [-0.15, -0.1) is 0 Å². The van der Waals surface area contributed by atoms with Gasteiger partial charge in [0.2, 0.25) is 5.95 Å². The molecule has 0 fully saturated rings. The lowest BCUT2D eigenvalue weighted by Crippen LogP contribution is -2.12. The summed E-state index contributed by atoms with van der Waals surface area (Å²) >= 11 is 9.09. The third-order valence-electron chi connectivity index (χ3n) is 2.43. The van der Waals surface area contributed by atoms with Crippen molar-refractivity contribution >= 4 is 45.0 Å². The van der Waals surface area contributed by atoms with E-state index in [9.17, 15) is 13.2 Å². The van der Waals surface area contributed by atoms with Crippen molar-refractivity contribution in [3.8, 4) is 0 Å². The molecule has 21 heavy (non-hydrogen) atoms. The van der Waals surface area contributed by atoms with Crippen molar-refractivity contribution < 1.29 is 13.2 Å². The fourth-order valence-electron chi connectivity index (χ4n) is 1.49. The van der Waals surface area contributed by atoms with Crippen LogP contribution in [0, 0.1) is 0 Å². The molecule has 9 heteroatoms. The number of hydrogen-bond donors (Lipinski definition) is 2. The monoisotopic (exact) mass is 380 g/mol. The van der Waals surface area contributed by atoms with Crippen molar-refractivity contribution in [3.63, 3.8) is 0 Å². The molecule has 0 spiro atoms. The van der Waals surface area contributed by atoms with Crippen LogP contribution in [0.15, 0.2) is 28.7 Å². The number of hydrogen-bond acceptors (Lipinski definition) is 4. The molecule has 0 atom stereocenters. The fraction of sp³-hybridized carbons (Fsp3) is 0.167. The normalized spacial score (nSPS) is 11.3. The van der Waals surface area contributed by atoms with E-state index < -0.39 is 11.9 Å². The lowest BCUT2D eigenvalue weighted by atomic mass is 10.3. The summed E-state index contributed by atoms with van der Waals surface area (Å²) in [5, 5.41) is 5.77. The van der Waals surface area contributed by atoms with Gasteiger partial charge < -0.3 is 10.6 Å². The number of benzene rings is 1. The maximum atomic E-state index is 12.8. The Hall–Kier alpha value is -1.54. The van der Waals surface area contributed by atoms with Gasteiger partial charge in [-0.2, -0.15) is 18.2 Å². The predicted molar refractivity (Wildman–Crippen MR) is 79.0 cm³/mol. The van der Waals surface area contributed by atoms with Gasteiger partial charge in [-0.1, -0.05) is 11.6 Å². The van der Waals surface area contributed by atoms with Crippen LogP contribution in [0.3, 0.4) is 0 Å². The summed E-state index contributed by atoms with van der Waals surface area (Å²) in [4.78, 5) is 7.31. The molecule has 2 rings (SSSR count). The van der Waals surface area contributed by atoms with Gasteiger partial charge in [0.1, 0.15) is 5.82 Å². The van der Waals surface area contributed by atoms with Crippen molar-refractivity contribution in [1.29, 1.82) is 0 Å². The van der Waals surface area contributed by atoms with Crippen molar-refractivity contribution in [1.82, 2.24) is 9.97 Å². The average Bonchev–Trinajstić information content (AvgIpc) is 2.41. The van der Waals surface area contributed by atoms with Crippen LogP contribution in [0.1, 0.15) is 5.69 Å². The molecule has 112 valence electrons. The molecular weight excluding hydrogens is 373 g/mol. The summed E-state index contributed by atoms with van der Waals surface area (Å²) in [5.41, 5.74) is -0.488. The maximum Gasteiger partial charge on any atom is 0.433 e. The number of anilines is 3. The number of halogens is 5. The zero-order valence-corrected chi connectivity index (χ0v) is 12.9. The van der Waals surface area contributed by atoms with Crippen LogP contribution >= 0.6 is 27.5 Å². The van der Waals surface area contributed by atoms with Gasteiger partial charge in [0.15, 0.2) is 5.69 Å². The van der Waals surface area contributed by atoms with Gasteiger partial charge in [-0.3, -0.25) is 0 Å². The summed E-state index contributed by atoms with van der Waals surface area (Å²) in [6, 6.07) is 5.71. The Morgan fingerprint density at radius 2 is 1.90 bits per heavy atom.